The number of likely N-dealkylation sites (tertiary alicyclic amines) is 3. The Hall–Kier alpha value is -6.81. The van der Waals surface area contributed by atoms with Gasteiger partial charge in [0.1, 0.15) is 74.8 Å². The first kappa shape index (κ1) is 31.0. The predicted octanol–water partition coefficient (Wildman–Crippen LogP) is 13.3. The van der Waals surface area contributed by atoms with Crippen LogP contribution >= 0.6 is 68.8 Å². The van der Waals surface area contributed by atoms with Crippen LogP contribution in [0.15, 0.2) is 91.6 Å². The van der Waals surface area contributed by atoms with Crippen LogP contribution in [0, 0.1) is 51.4 Å². The van der Waals surface area contributed by atoms with Crippen molar-refractivity contribution < 1.29 is 54.4 Å². The molecule has 0 bridgehead atoms. The number of hydrogen-bond acceptors (Lipinski definition) is 18. The van der Waals surface area contributed by atoms with Crippen LogP contribution in [-0.2, 0) is 19.5 Å². The summed E-state index contributed by atoms with van der Waals surface area (Å²) in [5, 5.41) is 28.1. The highest BCUT2D eigenvalue weighted by Crippen LogP contribution is 2.36. The Morgan fingerprint density at radius 1 is 0.556 bits per heavy atom. The van der Waals surface area contributed by atoms with Crippen molar-refractivity contribution in [3.63, 3.8) is 0 Å². The van der Waals surface area contributed by atoms with Crippen molar-refractivity contribution in [2.45, 2.75) is 75.8 Å². The van der Waals surface area contributed by atoms with Crippen LogP contribution in [0.3, 0.4) is 0 Å². The molecule has 0 spiro atoms. The van der Waals surface area contributed by atoms with E-state index in [9.17, 15) is 13.2 Å². The second-order valence-electron chi connectivity index (χ2n) is 16.3. The summed E-state index contributed by atoms with van der Waals surface area (Å²) < 4.78 is 295. The molecule has 3 aliphatic heterocycles. The molecule has 0 aliphatic carbocycles. The van der Waals surface area contributed by atoms with Gasteiger partial charge in [0.15, 0.2) is 4.24 Å². The number of nitriles is 3. The smallest absolute Gasteiger partial charge is 0.162 e. The lowest BCUT2D eigenvalue weighted by Crippen LogP contribution is -2.38. The Labute approximate surface area is 534 Å². The van der Waals surface area contributed by atoms with Crippen LogP contribution in [0.25, 0.3) is 30.6 Å². The molecule has 2 unspecified atom stereocenters. The van der Waals surface area contributed by atoms with Crippen LogP contribution < -0.4 is 15.9 Å². The lowest BCUT2D eigenvalue weighted by Gasteiger charge is -2.32. The molecule has 81 heavy (non-hydrogen) atoms. The quantitative estimate of drug-likeness (QED) is 0.104. The van der Waals surface area contributed by atoms with Gasteiger partial charge in [-0.2, -0.15) is 15.8 Å². The van der Waals surface area contributed by atoms with E-state index >= 15 is 0 Å². The summed E-state index contributed by atoms with van der Waals surface area (Å²) >= 11 is 20.4. The van der Waals surface area contributed by atoms with Crippen molar-refractivity contribution in [2.75, 3.05) is 55.2 Å². The van der Waals surface area contributed by atoms with Crippen molar-refractivity contribution >= 4 is 117 Å². The molecule has 414 valence electrons. The second kappa shape index (κ2) is 26.8. The highest BCUT2D eigenvalue weighted by molar-refractivity contribution is 7.24. The molecule has 0 saturated carbocycles. The normalized spacial score (nSPS) is 27.0. The number of thiophene rings is 3. The van der Waals surface area contributed by atoms with E-state index in [1.54, 1.807) is 12.1 Å². The zero-order valence-corrected chi connectivity index (χ0v) is 45.4. The summed E-state index contributed by atoms with van der Waals surface area (Å²) in [4.78, 5) is 25.9. The standard InChI is InChI=1S/3C19H17ClFN5S/c3*20-17-8-16-18(27-17)19(24-11-23-16)25-14-3-5-26(6-4-14)10-12-1-2-15(21)13(7-12)9-22/h3*1-2,7-8,11,14H,3-6,10H2,(H,23,24,25)/i2D,3D2,4D2,8D,10D2,11D,14D;2D,3D2,4D2,8D,10D,11D,14D;2D,3D2,4D2,8D,10D,14D/hD3. The van der Waals surface area contributed by atoms with E-state index in [-0.39, 0.29) is 94.9 Å². The first-order chi connectivity index (χ1) is 51.1. The van der Waals surface area contributed by atoms with Crippen LogP contribution in [0.2, 0.25) is 17.2 Å². The van der Waals surface area contributed by atoms with Gasteiger partial charge in [-0.25, -0.2) is 43.1 Å². The molecule has 3 aromatic carbocycles. The van der Waals surface area contributed by atoms with Crippen LogP contribution in [0.1, 0.15) is 109 Å². The number of benzene rings is 3. The maximum atomic E-state index is 14.0. The average molecular weight is 1240 g/mol. The monoisotopic (exact) mass is 1230 g/mol. The highest BCUT2D eigenvalue weighted by Gasteiger charge is 2.25. The van der Waals surface area contributed by atoms with E-state index in [1.165, 1.54) is 6.07 Å². The van der Waals surface area contributed by atoms with Gasteiger partial charge < -0.3 is 15.9 Å². The zero-order chi connectivity index (χ0) is 83.0. The fraction of sp³-hybridized carbons (Fsp3) is 0.316. The van der Waals surface area contributed by atoms with E-state index < -0.39 is 192 Å². The molecule has 3 aliphatic rings. The van der Waals surface area contributed by atoms with Crippen molar-refractivity contribution in [3.05, 3.63) is 155 Å². The van der Waals surface area contributed by atoms with E-state index in [0.717, 1.165) is 91.4 Å². The summed E-state index contributed by atoms with van der Waals surface area (Å²) in [7, 11) is 0. The minimum atomic E-state index is -3.06. The van der Waals surface area contributed by atoms with Crippen molar-refractivity contribution in [1.82, 2.24) is 44.6 Å². The van der Waals surface area contributed by atoms with Gasteiger partial charge in [-0.3, -0.25) is 14.7 Å². The largest absolute Gasteiger partial charge is 0.366 e. The van der Waals surface area contributed by atoms with Crippen LogP contribution in [0.4, 0.5) is 30.6 Å². The number of hydrogen-bond donors (Lipinski definition) is 3. The number of halogens is 6. The maximum absolute atomic E-state index is 14.0. The van der Waals surface area contributed by atoms with Gasteiger partial charge in [0.25, 0.3) is 0 Å². The Balaban J connectivity index is 0.000000177. The molecular weight excluding hydrogens is 1150 g/mol. The second-order valence-corrected chi connectivity index (χ2v) is 21.1. The minimum Gasteiger partial charge on any atom is -0.366 e. The van der Waals surface area contributed by atoms with Crippen LogP contribution in [0.5, 0.6) is 0 Å². The third-order valence-electron chi connectivity index (χ3n) is 10.8. The molecule has 12 rings (SSSR count). The fourth-order valence-electron chi connectivity index (χ4n) is 7.17. The average Bonchev–Trinajstić information content (AvgIpc) is 1.45. The number of nitrogens with zero attached hydrogens (tertiary/aromatic N) is 12. The SMILES string of the molecule is [2H]c1cc(C([2H])N2CC([2H])([2H])C([2H])(N([2H])c3ncnc4c([2H])c(Cl)sc34)C([2H])([2H])C2)cc(C#N)c1F.[2H]c1nc(N([2H])C2([2H])C([2H])([2H])CN(C([2H])([2H])c3cc([2H])c(F)c(C#N)c3)CC2([2H])[2H])c2sc(Cl)c([2H])c2n1.[2H]c1nc(N([2H])C2([2H])C([2H])([2H])CN(C([2H])c3cc([2H])c(F)c(C#N)c3)CC2([2H])[2H])c2sc(Cl)c([2H])c2n1. The van der Waals surface area contributed by atoms with Crippen molar-refractivity contribution in [1.29, 1.82) is 15.8 Å². The zero-order valence-electron chi connectivity index (χ0n) is 70.6. The minimum absolute atomic E-state index is 0.0124. The summed E-state index contributed by atoms with van der Waals surface area (Å²) in [6.07, 6.45) is -17.4. The van der Waals surface area contributed by atoms with Gasteiger partial charge in [0, 0.05) is 98.8 Å². The Bertz CT molecular complexity index is 5310. The van der Waals surface area contributed by atoms with Gasteiger partial charge >= 0.3 is 0 Å². The van der Waals surface area contributed by atoms with Gasteiger partial charge in [-0.1, -0.05) is 53.0 Å². The number of anilines is 3. The fourth-order valence-corrected chi connectivity index (χ4v) is 10.3. The first-order valence-corrected chi connectivity index (χ1v) is 26.5. The van der Waals surface area contributed by atoms with E-state index in [4.69, 9.17) is 91.8 Å². The molecule has 3 N–H and O–H groups in total. The summed E-state index contributed by atoms with van der Waals surface area (Å²) in [6, 6.07) is -1.14. The molecule has 3 fully saturated rings. The van der Waals surface area contributed by atoms with E-state index in [2.05, 4.69) is 29.9 Å². The molecule has 24 heteroatoms. The maximum Gasteiger partial charge on any atom is 0.162 e. The van der Waals surface area contributed by atoms with Crippen molar-refractivity contribution in [3.8, 4) is 18.2 Å². The number of fused-ring (bicyclic) bond motifs is 3. The topological polar surface area (TPSA) is 195 Å². The van der Waals surface area contributed by atoms with Crippen molar-refractivity contribution in [2.24, 2.45) is 0 Å². The summed E-state index contributed by atoms with van der Waals surface area (Å²) in [6.45, 7) is -10.3. The molecule has 2 atom stereocenters. The Morgan fingerprint density at radius 2 is 0.901 bits per heavy atom. The molecular formula is C57H51Cl3F3N15S3. The van der Waals surface area contributed by atoms with Gasteiger partial charge in [0.2, 0.25) is 0 Å². The number of nitrogens with one attached hydrogen (secondary N) is 3. The summed E-state index contributed by atoms with van der Waals surface area (Å²) in [5.74, 6) is -4.57. The molecule has 0 radical (unpaired) electrons. The Morgan fingerprint density at radius 3 is 1.30 bits per heavy atom. The highest BCUT2D eigenvalue weighted by atomic mass is 35.5. The number of aromatic nitrogens is 6. The Kier molecular flexibility index (Phi) is 10.3. The molecule has 3 saturated heterocycles. The molecule has 9 heterocycles. The first-order valence-electron chi connectivity index (χ1n) is 37.9. The summed E-state index contributed by atoms with van der Waals surface area (Å²) in [5.41, 5.74) is -2.16. The number of rotatable bonds is 12. The number of piperidine rings is 3. The molecule has 9 aromatic rings. The predicted molar refractivity (Wildman–Crippen MR) is 316 cm³/mol. The lowest BCUT2D eigenvalue weighted by molar-refractivity contribution is 0.211. The third kappa shape index (κ3) is 14.8. The van der Waals surface area contributed by atoms with Gasteiger partial charge in [0.05, 0.1) is 72.7 Å². The molecule has 15 nitrogen and oxygen atoms in total. The van der Waals surface area contributed by atoms with Crippen LogP contribution in [-0.4, -0.2) is 102 Å². The van der Waals surface area contributed by atoms with Gasteiger partial charge in [-0.15, -0.1) is 34.0 Å². The van der Waals surface area contributed by atoms with E-state index in [1.807, 2.05) is 0 Å². The third-order valence-corrected chi connectivity index (χ3v) is 14.4. The molecule has 6 aromatic heterocycles. The van der Waals surface area contributed by atoms with Gasteiger partial charge in [-0.05, 0) is 109 Å². The lowest BCUT2D eigenvalue weighted by atomic mass is 10.0. The molecule has 0 amide bonds. The van der Waals surface area contributed by atoms with E-state index in [0.29, 0.717) is 5.31 Å².